The third-order valence-corrected chi connectivity index (χ3v) is 3.37. The Balaban J connectivity index is 1.98. The number of hydrogen-bond acceptors (Lipinski definition) is 3. The summed E-state index contributed by atoms with van der Waals surface area (Å²) in [5.74, 6) is -0.571. The minimum atomic E-state index is -0.463. The van der Waals surface area contributed by atoms with E-state index in [2.05, 4.69) is 0 Å². The van der Waals surface area contributed by atoms with Crippen molar-refractivity contribution in [2.75, 3.05) is 19.0 Å². The number of carbonyl (C=O) groups excluding carboxylic acids is 1. The van der Waals surface area contributed by atoms with E-state index in [1.165, 1.54) is 6.07 Å². The van der Waals surface area contributed by atoms with Crippen LogP contribution in [0.5, 0.6) is 0 Å². The summed E-state index contributed by atoms with van der Waals surface area (Å²) in [7, 11) is 3.86. The fourth-order valence-electron chi connectivity index (χ4n) is 2.19. The molecule has 0 spiro atoms. The van der Waals surface area contributed by atoms with Crippen LogP contribution in [0.1, 0.15) is 16.1 Å². The Labute approximate surface area is 121 Å². The van der Waals surface area contributed by atoms with Gasteiger partial charge >= 0.3 is 0 Å². The molecule has 4 heteroatoms. The zero-order valence-corrected chi connectivity index (χ0v) is 11.8. The number of nitrogens with zero attached hydrogens (tertiary/aromatic N) is 1. The number of carbonyl (C=O) groups is 1. The van der Waals surface area contributed by atoms with E-state index in [0.717, 1.165) is 5.69 Å². The van der Waals surface area contributed by atoms with E-state index in [0.29, 0.717) is 10.9 Å². The molecule has 3 aromatic rings. The van der Waals surface area contributed by atoms with Gasteiger partial charge in [-0.1, -0.05) is 12.1 Å². The molecule has 0 fully saturated rings. The summed E-state index contributed by atoms with van der Waals surface area (Å²) in [5, 5.41) is 0.586. The molecule has 0 amide bonds. The summed E-state index contributed by atoms with van der Waals surface area (Å²) < 4.78 is 19.0. The molecule has 0 saturated carbocycles. The van der Waals surface area contributed by atoms with Gasteiger partial charge < -0.3 is 9.32 Å². The molecule has 0 radical (unpaired) electrons. The predicted molar refractivity (Wildman–Crippen MR) is 80.4 cm³/mol. The van der Waals surface area contributed by atoms with Gasteiger partial charge in [-0.05, 0) is 36.4 Å². The van der Waals surface area contributed by atoms with E-state index < -0.39 is 5.82 Å². The van der Waals surface area contributed by atoms with Crippen LogP contribution in [0.2, 0.25) is 0 Å². The topological polar surface area (TPSA) is 33.5 Å². The third kappa shape index (κ3) is 2.40. The number of halogens is 1. The minimum Gasteiger partial charge on any atom is -0.449 e. The molecule has 3 nitrogen and oxygen atoms in total. The van der Waals surface area contributed by atoms with Crippen molar-refractivity contribution in [1.29, 1.82) is 0 Å². The molecule has 0 bridgehead atoms. The number of para-hydroxylation sites is 1. The number of fused-ring (bicyclic) bond motifs is 1. The smallest absolute Gasteiger partial charge is 0.228 e. The SMILES string of the molecule is CN(C)c1ccc(C(=O)c2cc3cccc(F)c3o2)cc1. The highest BCUT2D eigenvalue weighted by Gasteiger charge is 2.16. The second kappa shape index (κ2) is 5.05. The average molecular weight is 283 g/mol. The summed E-state index contributed by atoms with van der Waals surface area (Å²) in [6.45, 7) is 0. The van der Waals surface area contributed by atoms with Crippen molar-refractivity contribution in [3.8, 4) is 0 Å². The van der Waals surface area contributed by atoms with Gasteiger partial charge in [0, 0.05) is 30.7 Å². The third-order valence-electron chi connectivity index (χ3n) is 3.37. The standard InChI is InChI=1S/C17H14FNO2/c1-19(2)13-8-6-11(7-9-13)16(20)15-10-12-4-3-5-14(18)17(12)21-15/h3-10H,1-2H3. The van der Waals surface area contributed by atoms with Gasteiger partial charge in [-0.25, -0.2) is 4.39 Å². The Morgan fingerprint density at radius 2 is 1.81 bits per heavy atom. The molecule has 0 N–H and O–H groups in total. The Hall–Kier alpha value is -2.62. The number of furan rings is 1. The summed E-state index contributed by atoms with van der Waals surface area (Å²) in [4.78, 5) is 14.3. The first-order valence-corrected chi connectivity index (χ1v) is 6.56. The Kier molecular flexibility index (Phi) is 3.22. The fraction of sp³-hybridized carbons (Fsp3) is 0.118. The summed E-state index contributed by atoms with van der Waals surface area (Å²) in [6, 6.07) is 13.4. The lowest BCUT2D eigenvalue weighted by Crippen LogP contribution is -2.08. The Morgan fingerprint density at radius 3 is 2.43 bits per heavy atom. The lowest BCUT2D eigenvalue weighted by Gasteiger charge is -2.12. The molecule has 0 unspecified atom stereocenters. The molecule has 3 rings (SSSR count). The van der Waals surface area contributed by atoms with Crippen LogP contribution >= 0.6 is 0 Å². The zero-order valence-electron chi connectivity index (χ0n) is 11.8. The number of benzene rings is 2. The summed E-state index contributed by atoms with van der Waals surface area (Å²) in [5.41, 5.74) is 1.63. The molecular weight excluding hydrogens is 269 g/mol. The largest absolute Gasteiger partial charge is 0.449 e. The Bertz CT molecular complexity index is 803. The predicted octanol–water partition coefficient (Wildman–Crippen LogP) is 3.87. The molecule has 1 aromatic heterocycles. The van der Waals surface area contributed by atoms with Crippen LogP contribution in [0.25, 0.3) is 11.0 Å². The first-order chi connectivity index (χ1) is 10.1. The molecule has 0 atom stereocenters. The number of rotatable bonds is 3. The maximum absolute atomic E-state index is 13.6. The van der Waals surface area contributed by atoms with E-state index in [9.17, 15) is 9.18 Å². The second-order valence-corrected chi connectivity index (χ2v) is 5.04. The first kappa shape index (κ1) is 13.4. The van der Waals surface area contributed by atoms with Crippen molar-refractivity contribution in [2.45, 2.75) is 0 Å². The van der Waals surface area contributed by atoms with Crippen molar-refractivity contribution in [3.63, 3.8) is 0 Å². The highest BCUT2D eigenvalue weighted by atomic mass is 19.1. The van der Waals surface area contributed by atoms with Crippen LogP contribution in [-0.4, -0.2) is 19.9 Å². The van der Waals surface area contributed by atoms with Crippen molar-refractivity contribution >= 4 is 22.4 Å². The highest BCUT2D eigenvalue weighted by molar-refractivity contribution is 6.09. The van der Waals surface area contributed by atoms with Crippen molar-refractivity contribution in [1.82, 2.24) is 0 Å². The van der Waals surface area contributed by atoms with Crippen LogP contribution < -0.4 is 4.90 Å². The van der Waals surface area contributed by atoms with Gasteiger partial charge in [0.2, 0.25) is 5.78 Å². The van der Waals surface area contributed by atoms with Crippen LogP contribution in [0.3, 0.4) is 0 Å². The number of hydrogen-bond donors (Lipinski definition) is 0. The highest BCUT2D eigenvalue weighted by Crippen LogP contribution is 2.24. The van der Waals surface area contributed by atoms with E-state index >= 15 is 0 Å². The Morgan fingerprint density at radius 1 is 1.10 bits per heavy atom. The van der Waals surface area contributed by atoms with Gasteiger partial charge in [0.25, 0.3) is 0 Å². The van der Waals surface area contributed by atoms with Crippen LogP contribution in [0.4, 0.5) is 10.1 Å². The molecule has 0 aliphatic rings. The van der Waals surface area contributed by atoms with Gasteiger partial charge in [-0.15, -0.1) is 0 Å². The molecule has 21 heavy (non-hydrogen) atoms. The van der Waals surface area contributed by atoms with Gasteiger partial charge in [-0.3, -0.25) is 4.79 Å². The fourth-order valence-corrected chi connectivity index (χ4v) is 2.19. The van der Waals surface area contributed by atoms with E-state index in [4.69, 9.17) is 4.42 Å². The van der Waals surface area contributed by atoms with Crippen molar-refractivity contribution in [2.24, 2.45) is 0 Å². The molecule has 106 valence electrons. The lowest BCUT2D eigenvalue weighted by atomic mass is 10.1. The number of ketones is 1. The maximum atomic E-state index is 13.6. The van der Waals surface area contributed by atoms with E-state index in [1.807, 2.05) is 31.1 Å². The normalized spacial score (nSPS) is 10.8. The van der Waals surface area contributed by atoms with Gasteiger partial charge in [0.1, 0.15) is 0 Å². The van der Waals surface area contributed by atoms with Crippen molar-refractivity contribution in [3.05, 3.63) is 65.7 Å². The quantitative estimate of drug-likeness (QED) is 0.684. The zero-order chi connectivity index (χ0) is 15.0. The minimum absolute atomic E-state index is 0.116. The van der Waals surface area contributed by atoms with Crippen LogP contribution in [0, 0.1) is 5.82 Å². The molecule has 1 heterocycles. The number of anilines is 1. The maximum Gasteiger partial charge on any atom is 0.228 e. The van der Waals surface area contributed by atoms with Gasteiger partial charge in [0.15, 0.2) is 17.2 Å². The molecule has 0 aliphatic carbocycles. The van der Waals surface area contributed by atoms with Crippen molar-refractivity contribution < 1.29 is 13.6 Å². The van der Waals surface area contributed by atoms with E-state index in [-0.39, 0.29) is 17.1 Å². The molecular formula is C17H14FNO2. The molecule has 0 saturated heterocycles. The monoisotopic (exact) mass is 283 g/mol. The van der Waals surface area contributed by atoms with Crippen LogP contribution in [0.15, 0.2) is 52.9 Å². The molecule has 2 aromatic carbocycles. The van der Waals surface area contributed by atoms with Crippen LogP contribution in [-0.2, 0) is 0 Å². The van der Waals surface area contributed by atoms with Gasteiger partial charge in [0.05, 0.1) is 0 Å². The van der Waals surface area contributed by atoms with Gasteiger partial charge in [-0.2, -0.15) is 0 Å². The second-order valence-electron chi connectivity index (χ2n) is 5.04. The lowest BCUT2D eigenvalue weighted by molar-refractivity contribution is 0.101. The first-order valence-electron chi connectivity index (χ1n) is 6.56. The summed E-state index contributed by atoms with van der Waals surface area (Å²) in [6.07, 6.45) is 0. The average Bonchev–Trinajstić information content (AvgIpc) is 2.92. The summed E-state index contributed by atoms with van der Waals surface area (Å²) >= 11 is 0. The molecule has 0 aliphatic heterocycles. The van der Waals surface area contributed by atoms with E-state index in [1.54, 1.807) is 30.3 Å².